The van der Waals surface area contributed by atoms with Crippen LogP contribution in [0.1, 0.15) is 42.1 Å². The van der Waals surface area contributed by atoms with Crippen LogP contribution in [0.3, 0.4) is 0 Å². The van der Waals surface area contributed by atoms with Crippen LogP contribution in [-0.4, -0.2) is 42.9 Å². The molecule has 2 aliphatic rings. The lowest BCUT2D eigenvalue weighted by Crippen LogP contribution is -2.47. The number of fused-ring (bicyclic) bond motifs is 1. The largest absolute Gasteiger partial charge is 0.465 e. The maximum atomic E-state index is 12.9. The summed E-state index contributed by atoms with van der Waals surface area (Å²) in [6.07, 6.45) is 3.62. The minimum absolute atomic E-state index is 0.168. The molecule has 1 aliphatic carbocycles. The lowest BCUT2D eigenvalue weighted by atomic mass is 9.65. The molecule has 1 spiro atoms. The predicted molar refractivity (Wildman–Crippen MR) is 83.8 cm³/mol. The molecule has 0 aromatic heterocycles. The van der Waals surface area contributed by atoms with E-state index in [4.69, 9.17) is 4.74 Å². The number of likely N-dealkylation sites (tertiary alicyclic amines) is 1. The van der Waals surface area contributed by atoms with Crippen LogP contribution in [0.25, 0.3) is 0 Å². The molecule has 4 nitrogen and oxygen atoms in total. The number of carbonyl (C=O) groups is 2. The molecule has 0 saturated carbocycles. The van der Waals surface area contributed by atoms with E-state index in [1.807, 2.05) is 25.1 Å². The second-order valence-electron chi connectivity index (χ2n) is 6.35. The summed E-state index contributed by atoms with van der Waals surface area (Å²) in [7, 11) is 0. The fourth-order valence-electron chi connectivity index (χ4n) is 3.74. The molecule has 0 atom stereocenters. The van der Waals surface area contributed by atoms with Crippen molar-refractivity contribution in [2.75, 3.05) is 26.2 Å². The smallest absolute Gasteiger partial charge is 0.320 e. The standard InChI is InChI=1S/C18H23NO3/c1-2-22-16(20)13-19-11-9-18(10-12-19)8-7-14-5-3-4-6-15(14)17(18)21/h3-6H,2,7-13H2,1H3. The summed E-state index contributed by atoms with van der Waals surface area (Å²) in [4.78, 5) is 26.6. The summed E-state index contributed by atoms with van der Waals surface area (Å²) in [5.41, 5.74) is 1.89. The average Bonchev–Trinajstić information content (AvgIpc) is 2.54. The zero-order chi connectivity index (χ0) is 15.6. The van der Waals surface area contributed by atoms with Crippen molar-refractivity contribution in [3.8, 4) is 0 Å². The van der Waals surface area contributed by atoms with Gasteiger partial charge in [0.25, 0.3) is 0 Å². The van der Waals surface area contributed by atoms with Gasteiger partial charge in [-0.25, -0.2) is 0 Å². The molecule has 0 N–H and O–H groups in total. The Morgan fingerprint density at radius 1 is 1.23 bits per heavy atom. The fourth-order valence-corrected chi connectivity index (χ4v) is 3.74. The molecule has 22 heavy (non-hydrogen) atoms. The highest BCUT2D eigenvalue weighted by atomic mass is 16.5. The third kappa shape index (κ3) is 2.80. The molecular formula is C18H23NO3. The summed E-state index contributed by atoms with van der Waals surface area (Å²) in [6, 6.07) is 7.98. The van der Waals surface area contributed by atoms with Gasteiger partial charge in [0.1, 0.15) is 0 Å². The molecule has 0 amide bonds. The first-order chi connectivity index (χ1) is 10.6. The van der Waals surface area contributed by atoms with Gasteiger partial charge in [0, 0.05) is 11.0 Å². The van der Waals surface area contributed by atoms with Gasteiger partial charge in [-0.15, -0.1) is 0 Å². The van der Waals surface area contributed by atoms with Gasteiger partial charge >= 0.3 is 5.97 Å². The van der Waals surface area contributed by atoms with E-state index in [1.165, 1.54) is 5.56 Å². The monoisotopic (exact) mass is 301 g/mol. The minimum atomic E-state index is -0.209. The molecule has 1 saturated heterocycles. The number of ketones is 1. The summed E-state index contributed by atoms with van der Waals surface area (Å²) < 4.78 is 5.00. The van der Waals surface area contributed by atoms with Crippen molar-refractivity contribution >= 4 is 11.8 Å². The quantitative estimate of drug-likeness (QED) is 0.805. The molecule has 0 unspecified atom stereocenters. The molecular weight excluding hydrogens is 278 g/mol. The van der Waals surface area contributed by atoms with E-state index in [0.717, 1.165) is 44.3 Å². The Kier molecular flexibility index (Phi) is 4.30. The highest BCUT2D eigenvalue weighted by Gasteiger charge is 2.44. The molecule has 1 aromatic carbocycles. The fraction of sp³-hybridized carbons (Fsp3) is 0.556. The predicted octanol–water partition coefficient (Wildman–Crippen LogP) is 2.46. The van der Waals surface area contributed by atoms with E-state index in [0.29, 0.717) is 18.9 Å². The Balaban J connectivity index is 1.66. The lowest BCUT2D eigenvalue weighted by Gasteiger charge is -2.43. The van der Waals surface area contributed by atoms with Crippen LogP contribution < -0.4 is 0 Å². The second-order valence-corrected chi connectivity index (χ2v) is 6.35. The topological polar surface area (TPSA) is 46.6 Å². The third-order valence-corrected chi connectivity index (χ3v) is 5.09. The Morgan fingerprint density at radius 3 is 2.68 bits per heavy atom. The number of ether oxygens (including phenoxy) is 1. The summed E-state index contributed by atoms with van der Waals surface area (Å²) in [5.74, 6) is 0.143. The van der Waals surface area contributed by atoms with Gasteiger partial charge in [0.05, 0.1) is 13.2 Å². The van der Waals surface area contributed by atoms with E-state index in [2.05, 4.69) is 11.0 Å². The highest BCUT2D eigenvalue weighted by Crippen LogP contribution is 2.43. The number of benzene rings is 1. The number of piperidine rings is 1. The molecule has 4 heteroatoms. The van der Waals surface area contributed by atoms with Crippen molar-refractivity contribution in [1.29, 1.82) is 0 Å². The van der Waals surface area contributed by atoms with Crippen LogP contribution in [-0.2, 0) is 16.0 Å². The van der Waals surface area contributed by atoms with Crippen LogP contribution in [0.5, 0.6) is 0 Å². The summed E-state index contributed by atoms with van der Waals surface area (Å²) in [5, 5.41) is 0. The molecule has 118 valence electrons. The minimum Gasteiger partial charge on any atom is -0.465 e. The van der Waals surface area contributed by atoms with Crippen LogP contribution in [0.2, 0.25) is 0 Å². The molecule has 0 bridgehead atoms. The first-order valence-corrected chi connectivity index (χ1v) is 8.15. The van der Waals surface area contributed by atoms with Crippen molar-refractivity contribution in [2.24, 2.45) is 5.41 Å². The van der Waals surface area contributed by atoms with Crippen LogP contribution >= 0.6 is 0 Å². The maximum Gasteiger partial charge on any atom is 0.320 e. The number of nitrogens with zero attached hydrogens (tertiary/aromatic N) is 1. The van der Waals surface area contributed by atoms with E-state index >= 15 is 0 Å². The average molecular weight is 301 g/mol. The first kappa shape index (κ1) is 15.2. The molecule has 1 fully saturated rings. The van der Waals surface area contributed by atoms with E-state index in [-0.39, 0.29) is 11.4 Å². The number of Topliss-reactive ketones (excluding diaryl/α,β-unsaturated/α-hetero) is 1. The van der Waals surface area contributed by atoms with Crippen LogP contribution in [0, 0.1) is 5.41 Å². The van der Waals surface area contributed by atoms with Gasteiger partial charge in [-0.1, -0.05) is 24.3 Å². The number of aryl methyl sites for hydroxylation is 1. The van der Waals surface area contributed by atoms with Crippen molar-refractivity contribution < 1.29 is 14.3 Å². The SMILES string of the molecule is CCOC(=O)CN1CCC2(CCc3ccccc3C2=O)CC1. The van der Waals surface area contributed by atoms with Gasteiger partial charge in [-0.3, -0.25) is 14.5 Å². The number of hydrogen-bond acceptors (Lipinski definition) is 4. The number of carbonyl (C=O) groups excluding carboxylic acids is 2. The molecule has 3 rings (SSSR count). The zero-order valence-corrected chi connectivity index (χ0v) is 13.1. The Labute approximate surface area is 131 Å². The van der Waals surface area contributed by atoms with Gasteiger partial charge in [-0.2, -0.15) is 0 Å². The molecule has 1 heterocycles. The van der Waals surface area contributed by atoms with E-state index < -0.39 is 0 Å². The van der Waals surface area contributed by atoms with Gasteiger partial charge < -0.3 is 4.74 Å². The van der Waals surface area contributed by atoms with E-state index in [9.17, 15) is 9.59 Å². The highest BCUT2D eigenvalue weighted by molar-refractivity contribution is 6.02. The Hall–Kier alpha value is -1.68. The first-order valence-electron chi connectivity index (χ1n) is 8.15. The second kappa shape index (κ2) is 6.21. The third-order valence-electron chi connectivity index (χ3n) is 5.09. The molecule has 1 aliphatic heterocycles. The van der Waals surface area contributed by atoms with Crippen molar-refractivity contribution in [3.05, 3.63) is 35.4 Å². The van der Waals surface area contributed by atoms with Crippen molar-refractivity contribution in [1.82, 2.24) is 4.90 Å². The van der Waals surface area contributed by atoms with Crippen LogP contribution in [0.4, 0.5) is 0 Å². The normalized spacial score (nSPS) is 20.7. The summed E-state index contributed by atoms with van der Waals surface area (Å²) >= 11 is 0. The van der Waals surface area contributed by atoms with Crippen molar-refractivity contribution in [3.63, 3.8) is 0 Å². The lowest BCUT2D eigenvalue weighted by molar-refractivity contribution is -0.144. The van der Waals surface area contributed by atoms with Crippen LogP contribution in [0.15, 0.2) is 24.3 Å². The Bertz CT molecular complexity index is 573. The van der Waals surface area contributed by atoms with Crippen molar-refractivity contribution in [2.45, 2.75) is 32.6 Å². The van der Waals surface area contributed by atoms with Gasteiger partial charge in [0.2, 0.25) is 0 Å². The van der Waals surface area contributed by atoms with E-state index in [1.54, 1.807) is 0 Å². The zero-order valence-electron chi connectivity index (χ0n) is 13.1. The number of esters is 1. The molecule has 1 aromatic rings. The maximum absolute atomic E-state index is 12.9. The summed E-state index contributed by atoms with van der Waals surface area (Å²) in [6.45, 7) is 4.18. The van der Waals surface area contributed by atoms with Gasteiger partial charge in [0.15, 0.2) is 5.78 Å². The molecule has 0 radical (unpaired) electrons. The van der Waals surface area contributed by atoms with Gasteiger partial charge in [-0.05, 0) is 51.3 Å². The number of hydrogen-bond donors (Lipinski definition) is 0. The number of rotatable bonds is 3. The Morgan fingerprint density at radius 2 is 1.95 bits per heavy atom.